The molecule has 3 heterocycles. The van der Waals surface area contributed by atoms with Gasteiger partial charge in [-0.2, -0.15) is 10.1 Å². The maximum atomic E-state index is 6.06. The van der Waals surface area contributed by atoms with E-state index in [1.54, 1.807) is 10.9 Å². The van der Waals surface area contributed by atoms with Crippen LogP contribution in [0.2, 0.25) is 5.28 Å². The fraction of sp³-hybridized carbons (Fsp3) is 0.688. The monoisotopic (exact) mass is 350 g/mol. The van der Waals surface area contributed by atoms with E-state index in [0.717, 1.165) is 56.0 Å². The molecule has 0 radical (unpaired) electrons. The lowest BCUT2D eigenvalue weighted by Gasteiger charge is -2.39. The summed E-state index contributed by atoms with van der Waals surface area (Å²) in [4.78, 5) is 11.2. The number of ether oxygens (including phenoxy) is 1. The van der Waals surface area contributed by atoms with Crippen LogP contribution in [0.4, 0.5) is 5.82 Å². The fourth-order valence-electron chi connectivity index (χ4n) is 3.87. The summed E-state index contributed by atoms with van der Waals surface area (Å²) in [5.41, 5.74) is 1.69. The number of nitrogens with zero attached hydrogens (tertiary/aromatic N) is 5. The van der Waals surface area contributed by atoms with Gasteiger partial charge in [0, 0.05) is 32.2 Å². The minimum Gasteiger partial charge on any atom is -0.379 e. The molecule has 24 heavy (non-hydrogen) atoms. The van der Waals surface area contributed by atoms with Gasteiger partial charge in [-0.3, -0.25) is 9.58 Å². The summed E-state index contributed by atoms with van der Waals surface area (Å²) >= 11 is 6.06. The Morgan fingerprint density at radius 3 is 2.67 bits per heavy atom. The summed E-state index contributed by atoms with van der Waals surface area (Å²) in [6.07, 6.45) is 6.44. The third-order valence-corrected chi connectivity index (χ3v) is 5.33. The van der Waals surface area contributed by atoms with Gasteiger partial charge in [-0.1, -0.05) is 0 Å². The molecule has 2 aliphatic rings. The third kappa shape index (κ3) is 3.20. The van der Waals surface area contributed by atoms with Gasteiger partial charge in [-0.15, -0.1) is 0 Å². The van der Waals surface area contributed by atoms with Crippen molar-refractivity contribution in [1.82, 2.24) is 24.6 Å². The van der Waals surface area contributed by atoms with Crippen molar-refractivity contribution in [2.24, 2.45) is 7.05 Å². The molecule has 2 fully saturated rings. The molecule has 0 unspecified atom stereocenters. The van der Waals surface area contributed by atoms with E-state index in [2.05, 4.69) is 25.3 Å². The van der Waals surface area contributed by atoms with E-state index in [1.807, 2.05) is 7.05 Å². The number of aryl methyl sites for hydroxylation is 1. The van der Waals surface area contributed by atoms with Crippen LogP contribution in [-0.2, 0) is 11.8 Å². The van der Waals surface area contributed by atoms with E-state index in [1.165, 1.54) is 12.8 Å². The van der Waals surface area contributed by atoms with Crippen LogP contribution in [0.15, 0.2) is 6.20 Å². The first-order chi connectivity index (χ1) is 11.7. The van der Waals surface area contributed by atoms with Gasteiger partial charge < -0.3 is 10.1 Å². The molecule has 0 spiro atoms. The lowest BCUT2D eigenvalue weighted by molar-refractivity contribution is 0.00791. The highest BCUT2D eigenvalue weighted by atomic mass is 35.5. The smallest absolute Gasteiger partial charge is 0.225 e. The van der Waals surface area contributed by atoms with Crippen molar-refractivity contribution in [1.29, 1.82) is 0 Å². The van der Waals surface area contributed by atoms with E-state index >= 15 is 0 Å². The Morgan fingerprint density at radius 2 is 1.92 bits per heavy atom. The normalized spacial score (nSPS) is 25.9. The number of hydrogen-bond acceptors (Lipinski definition) is 6. The first kappa shape index (κ1) is 16.1. The molecule has 0 bridgehead atoms. The summed E-state index contributed by atoms with van der Waals surface area (Å²) in [6, 6.07) is 1.11. The largest absolute Gasteiger partial charge is 0.379 e. The van der Waals surface area contributed by atoms with Gasteiger partial charge in [-0.05, 0) is 37.3 Å². The summed E-state index contributed by atoms with van der Waals surface area (Å²) < 4.78 is 7.26. The molecule has 1 saturated carbocycles. The van der Waals surface area contributed by atoms with Crippen LogP contribution >= 0.6 is 11.6 Å². The highest BCUT2D eigenvalue weighted by Crippen LogP contribution is 2.28. The number of fused-ring (bicyclic) bond motifs is 1. The van der Waals surface area contributed by atoms with E-state index in [4.69, 9.17) is 16.3 Å². The van der Waals surface area contributed by atoms with Gasteiger partial charge in [0.1, 0.15) is 11.0 Å². The Labute approximate surface area is 146 Å². The Hall–Kier alpha value is -1.44. The van der Waals surface area contributed by atoms with Crippen LogP contribution in [0.1, 0.15) is 25.7 Å². The standard InChI is InChI=1S/C16H23ClN6O/c1-22-14-13(10-18-22)20-16(17)21-15(14)19-11-2-4-12(5-3-11)23-6-8-24-9-7-23/h10-12H,2-9H2,1H3,(H,19,20,21). The quantitative estimate of drug-likeness (QED) is 0.855. The van der Waals surface area contributed by atoms with Gasteiger partial charge in [0.15, 0.2) is 5.82 Å². The molecule has 1 aliphatic carbocycles. The first-order valence-corrected chi connectivity index (χ1v) is 9.02. The van der Waals surface area contributed by atoms with Crippen molar-refractivity contribution in [2.75, 3.05) is 31.6 Å². The zero-order chi connectivity index (χ0) is 16.5. The van der Waals surface area contributed by atoms with E-state index in [9.17, 15) is 0 Å². The van der Waals surface area contributed by atoms with Gasteiger partial charge >= 0.3 is 0 Å². The number of halogens is 1. The Balaban J connectivity index is 1.43. The van der Waals surface area contributed by atoms with Crippen LogP contribution in [0, 0.1) is 0 Å². The molecule has 1 saturated heterocycles. The molecule has 2 aromatic heterocycles. The van der Waals surface area contributed by atoms with Crippen LogP contribution in [0.25, 0.3) is 11.0 Å². The molecule has 7 nitrogen and oxygen atoms in total. The second-order valence-corrected chi connectivity index (χ2v) is 6.98. The average Bonchev–Trinajstić information content (AvgIpc) is 2.97. The molecule has 130 valence electrons. The second kappa shape index (κ2) is 6.82. The third-order valence-electron chi connectivity index (χ3n) is 5.16. The fourth-order valence-corrected chi connectivity index (χ4v) is 4.05. The summed E-state index contributed by atoms with van der Waals surface area (Å²) in [5, 5.41) is 8.10. The van der Waals surface area contributed by atoms with Crippen molar-refractivity contribution in [3.8, 4) is 0 Å². The topological polar surface area (TPSA) is 68.1 Å². The van der Waals surface area contributed by atoms with Crippen LogP contribution < -0.4 is 5.32 Å². The van der Waals surface area contributed by atoms with Crippen molar-refractivity contribution in [3.05, 3.63) is 11.5 Å². The molecule has 0 aromatic carbocycles. The van der Waals surface area contributed by atoms with Crippen molar-refractivity contribution in [2.45, 2.75) is 37.8 Å². The first-order valence-electron chi connectivity index (χ1n) is 8.64. The van der Waals surface area contributed by atoms with Crippen LogP contribution in [-0.4, -0.2) is 63.0 Å². The molecular formula is C16H23ClN6O. The minimum atomic E-state index is 0.264. The minimum absolute atomic E-state index is 0.264. The average molecular weight is 351 g/mol. The molecule has 0 atom stereocenters. The number of aromatic nitrogens is 4. The van der Waals surface area contributed by atoms with Crippen LogP contribution in [0.3, 0.4) is 0 Å². The van der Waals surface area contributed by atoms with Gasteiger partial charge in [0.05, 0.1) is 19.4 Å². The van der Waals surface area contributed by atoms with E-state index < -0.39 is 0 Å². The molecule has 1 aliphatic heterocycles. The molecule has 0 amide bonds. The molecule has 1 N–H and O–H groups in total. The molecule has 2 aromatic rings. The maximum absolute atomic E-state index is 6.06. The molecule has 8 heteroatoms. The zero-order valence-corrected chi connectivity index (χ0v) is 14.7. The number of hydrogen-bond donors (Lipinski definition) is 1. The lowest BCUT2D eigenvalue weighted by atomic mass is 9.90. The summed E-state index contributed by atoms with van der Waals surface area (Å²) in [5.74, 6) is 0.792. The Bertz CT molecular complexity index is 706. The van der Waals surface area contributed by atoms with Gasteiger partial charge in [0.25, 0.3) is 0 Å². The highest BCUT2D eigenvalue weighted by molar-refractivity contribution is 6.28. The van der Waals surface area contributed by atoms with E-state index in [-0.39, 0.29) is 5.28 Å². The van der Waals surface area contributed by atoms with Crippen molar-refractivity contribution >= 4 is 28.5 Å². The number of morpholine rings is 1. The predicted octanol–water partition coefficient (Wildman–Crippen LogP) is 2.07. The van der Waals surface area contributed by atoms with Gasteiger partial charge in [-0.25, -0.2) is 4.98 Å². The molecular weight excluding hydrogens is 328 g/mol. The Kier molecular flexibility index (Phi) is 4.56. The number of nitrogens with one attached hydrogen (secondary N) is 1. The zero-order valence-electron chi connectivity index (χ0n) is 13.9. The molecule has 4 rings (SSSR count). The summed E-state index contributed by atoms with van der Waals surface area (Å²) in [6.45, 7) is 3.88. The SMILES string of the molecule is Cn1ncc2nc(Cl)nc(NC3CCC(N4CCOCC4)CC3)c21. The number of rotatable bonds is 3. The van der Waals surface area contributed by atoms with Gasteiger partial charge in [0.2, 0.25) is 5.28 Å². The highest BCUT2D eigenvalue weighted by Gasteiger charge is 2.27. The Morgan fingerprint density at radius 1 is 1.17 bits per heavy atom. The van der Waals surface area contributed by atoms with E-state index in [0.29, 0.717) is 12.1 Å². The summed E-state index contributed by atoms with van der Waals surface area (Å²) in [7, 11) is 1.90. The van der Waals surface area contributed by atoms with Crippen molar-refractivity contribution in [3.63, 3.8) is 0 Å². The number of anilines is 1. The maximum Gasteiger partial charge on any atom is 0.225 e. The lowest BCUT2D eigenvalue weighted by Crippen LogP contribution is -2.46. The van der Waals surface area contributed by atoms with Crippen molar-refractivity contribution < 1.29 is 4.74 Å². The second-order valence-electron chi connectivity index (χ2n) is 6.64. The van der Waals surface area contributed by atoms with Crippen LogP contribution in [0.5, 0.6) is 0 Å². The predicted molar refractivity (Wildman–Crippen MR) is 93.4 cm³/mol.